The fourth-order valence-corrected chi connectivity index (χ4v) is 3.93. The number of fused-ring (bicyclic) bond motifs is 1. The van der Waals surface area contributed by atoms with E-state index in [9.17, 15) is 14.7 Å². The van der Waals surface area contributed by atoms with Gasteiger partial charge in [0.1, 0.15) is 11.7 Å². The molecule has 0 radical (unpaired) electrons. The second kappa shape index (κ2) is 12.5. The van der Waals surface area contributed by atoms with E-state index in [2.05, 4.69) is 35.7 Å². The SMILES string of the molecule is CC(C)CC#Cc1cnc2c(c1)C(=O)N([C@@H](C)CO)C[C@H](C)[C@@H](CN(C)C(=O)Cc1ccncc1)O2. The highest BCUT2D eigenvalue weighted by Crippen LogP contribution is 2.27. The lowest BCUT2D eigenvalue weighted by Crippen LogP contribution is -2.50. The van der Waals surface area contributed by atoms with Gasteiger partial charge in [0.2, 0.25) is 11.8 Å². The van der Waals surface area contributed by atoms with Crippen LogP contribution in [0.3, 0.4) is 0 Å². The van der Waals surface area contributed by atoms with Crippen LogP contribution in [0.25, 0.3) is 0 Å². The zero-order valence-electron chi connectivity index (χ0n) is 21.8. The van der Waals surface area contributed by atoms with Crippen molar-refractivity contribution in [2.45, 2.75) is 52.7 Å². The standard InChI is InChI=1S/C28H36N4O4/c1-19(2)7-6-8-23-13-24-27(30-15-23)36-25(20(3)16-32(28(24)35)21(4)18-33)17-31(5)26(34)14-22-9-11-29-12-10-22/h9-13,15,19-21,25,33H,7,14,16-18H2,1-5H3/t20-,21-,25+/m0/s1. The first-order valence-electron chi connectivity index (χ1n) is 12.4. The number of aliphatic hydroxyl groups excluding tert-OH is 1. The number of carbonyl (C=O) groups excluding carboxylic acids is 2. The molecule has 192 valence electrons. The quantitative estimate of drug-likeness (QED) is 0.597. The van der Waals surface area contributed by atoms with Crippen LogP contribution in [0.15, 0.2) is 36.8 Å². The molecule has 0 unspecified atom stereocenters. The molecule has 0 saturated heterocycles. The van der Waals surface area contributed by atoms with Crippen molar-refractivity contribution >= 4 is 11.8 Å². The van der Waals surface area contributed by atoms with Gasteiger partial charge in [0.05, 0.1) is 25.6 Å². The normalized spacial score (nSPS) is 18.3. The summed E-state index contributed by atoms with van der Waals surface area (Å²) in [5.41, 5.74) is 1.84. The van der Waals surface area contributed by atoms with Crippen LogP contribution in [-0.4, -0.2) is 75.6 Å². The van der Waals surface area contributed by atoms with Crippen molar-refractivity contribution in [3.8, 4) is 17.7 Å². The molecule has 0 saturated carbocycles. The van der Waals surface area contributed by atoms with Crippen LogP contribution in [-0.2, 0) is 11.2 Å². The number of aromatic nitrogens is 2. The van der Waals surface area contributed by atoms with Crippen molar-refractivity contribution in [3.63, 3.8) is 0 Å². The largest absolute Gasteiger partial charge is 0.472 e. The summed E-state index contributed by atoms with van der Waals surface area (Å²) < 4.78 is 6.28. The van der Waals surface area contributed by atoms with Crippen molar-refractivity contribution < 1.29 is 19.4 Å². The zero-order valence-corrected chi connectivity index (χ0v) is 21.8. The molecule has 1 N–H and O–H groups in total. The van der Waals surface area contributed by atoms with E-state index in [1.54, 1.807) is 41.5 Å². The number of pyridine rings is 2. The fourth-order valence-electron chi connectivity index (χ4n) is 3.93. The summed E-state index contributed by atoms with van der Waals surface area (Å²) in [6.07, 6.45) is 5.55. The van der Waals surface area contributed by atoms with Crippen LogP contribution in [0.2, 0.25) is 0 Å². The van der Waals surface area contributed by atoms with E-state index in [1.807, 2.05) is 26.0 Å². The van der Waals surface area contributed by atoms with Gasteiger partial charge in [-0.25, -0.2) is 4.98 Å². The smallest absolute Gasteiger partial charge is 0.259 e. The van der Waals surface area contributed by atoms with Crippen LogP contribution in [0.4, 0.5) is 0 Å². The number of amides is 2. The molecule has 1 aliphatic rings. The lowest BCUT2D eigenvalue weighted by Gasteiger charge is -2.37. The van der Waals surface area contributed by atoms with E-state index in [1.165, 1.54) is 0 Å². The Kier molecular flexibility index (Phi) is 9.43. The Labute approximate surface area is 213 Å². The molecular weight excluding hydrogens is 456 g/mol. The van der Waals surface area contributed by atoms with Gasteiger partial charge in [-0.05, 0) is 36.6 Å². The number of rotatable bonds is 7. The van der Waals surface area contributed by atoms with Crippen molar-refractivity contribution in [2.75, 3.05) is 26.7 Å². The molecule has 0 spiro atoms. The van der Waals surface area contributed by atoms with Gasteiger partial charge in [-0.3, -0.25) is 14.6 Å². The number of carbonyl (C=O) groups is 2. The Morgan fingerprint density at radius 1 is 1.31 bits per heavy atom. The minimum absolute atomic E-state index is 0.0420. The molecule has 2 amide bonds. The summed E-state index contributed by atoms with van der Waals surface area (Å²) in [4.78, 5) is 38.1. The second-order valence-electron chi connectivity index (χ2n) is 9.91. The van der Waals surface area contributed by atoms with E-state index in [4.69, 9.17) is 4.74 Å². The maximum Gasteiger partial charge on any atom is 0.259 e. The van der Waals surface area contributed by atoms with Crippen molar-refractivity contribution in [1.29, 1.82) is 0 Å². The molecule has 3 atom stereocenters. The minimum atomic E-state index is -0.401. The van der Waals surface area contributed by atoms with Gasteiger partial charge in [-0.2, -0.15) is 0 Å². The second-order valence-corrected chi connectivity index (χ2v) is 9.91. The van der Waals surface area contributed by atoms with Gasteiger partial charge in [0, 0.05) is 50.1 Å². The summed E-state index contributed by atoms with van der Waals surface area (Å²) in [5.74, 6) is 6.47. The third-order valence-corrected chi connectivity index (χ3v) is 6.25. The zero-order chi connectivity index (χ0) is 26.2. The number of hydrogen-bond acceptors (Lipinski definition) is 6. The maximum atomic E-state index is 13.5. The summed E-state index contributed by atoms with van der Waals surface area (Å²) in [6.45, 7) is 8.53. The Morgan fingerprint density at radius 2 is 2.03 bits per heavy atom. The molecule has 0 aromatic carbocycles. The number of likely N-dealkylation sites (N-methyl/N-ethyl adjacent to an activating group) is 1. The molecule has 3 rings (SSSR count). The van der Waals surface area contributed by atoms with E-state index in [0.717, 1.165) is 12.0 Å². The number of hydrogen-bond donors (Lipinski definition) is 1. The van der Waals surface area contributed by atoms with E-state index in [0.29, 0.717) is 30.1 Å². The third kappa shape index (κ3) is 7.05. The Morgan fingerprint density at radius 3 is 2.69 bits per heavy atom. The average molecular weight is 493 g/mol. The lowest BCUT2D eigenvalue weighted by atomic mass is 9.99. The predicted octanol–water partition coefficient (Wildman–Crippen LogP) is 2.80. The summed E-state index contributed by atoms with van der Waals surface area (Å²) >= 11 is 0. The summed E-state index contributed by atoms with van der Waals surface area (Å²) in [7, 11) is 1.75. The van der Waals surface area contributed by atoms with Crippen molar-refractivity contribution in [1.82, 2.24) is 19.8 Å². The van der Waals surface area contributed by atoms with Gasteiger partial charge in [0.25, 0.3) is 5.91 Å². The summed E-state index contributed by atoms with van der Waals surface area (Å²) in [5, 5.41) is 9.83. The minimum Gasteiger partial charge on any atom is -0.472 e. The fraction of sp³-hybridized carbons (Fsp3) is 0.500. The van der Waals surface area contributed by atoms with Crippen molar-refractivity contribution in [2.24, 2.45) is 11.8 Å². The van der Waals surface area contributed by atoms with Crippen LogP contribution >= 0.6 is 0 Å². The van der Waals surface area contributed by atoms with Gasteiger partial charge in [-0.15, -0.1) is 0 Å². The molecule has 8 heteroatoms. The first-order valence-corrected chi connectivity index (χ1v) is 12.4. The molecule has 2 aromatic heterocycles. The van der Waals surface area contributed by atoms with Crippen LogP contribution in [0.1, 0.15) is 55.6 Å². The molecule has 2 aromatic rings. The van der Waals surface area contributed by atoms with Crippen molar-refractivity contribution in [3.05, 3.63) is 53.5 Å². The molecule has 0 fully saturated rings. The first-order chi connectivity index (χ1) is 17.2. The summed E-state index contributed by atoms with van der Waals surface area (Å²) in [6, 6.07) is 4.97. The predicted molar refractivity (Wildman–Crippen MR) is 137 cm³/mol. The maximum absolute atomic E-state index is 13.5. The lowest BCUT2D eigenvalue weighted by molar-refractivity contribution is -0.130. The van der Waals surface area contributed by atoms with Gasteiger partial charge in [0.15, 0.2) is 0 Å². The topological polar surface area (TPSA) is 95.9 Å². The first kappa shape index (κ1) is 27.2. The van der Waals surface area contributed by atoms with E-state index >= 15 is 0 Å². The van der Waals surface area contributed by atoms with Crippen LogP contribution in [0.5, 0.6) is 5.88 Å². The van der Waals surface area contributed by atoms with Gasteiger partial charge in [-0.1, -0.05) is 32.6 Å². The highest BCUT2D eigenvalue weighted by Gasteiger charge is 2.34. The third-order valence-electron chi connectivity index (χ3n) is 6.25. The number of nitrogens with zero attached hydrogens (tertiary/aromatic N) is 4. The monoisotopic (exact) mass is 492 g/mol. The molecule has 8 nitrogen and oxygen atoms in total. The van der Waals surface area contributed by atoms with Crippen LogP contribution < -0.4 is 4.74 Å². The average Bonchev–Trinajstić information content (AvgIpc) is 2.86. The number of aliphatic hydroxyl groups is 1. The highest BCUT2D eigenvalue weighted by molar-refractivity contribution is 5.97. The number of ether oxygens (including phenoxy) is 1. The van der Waals surface area contributed by atoms with Gasteiger partial charge < -0.3 is 19.6 Å². The highest BCUT2D eigenvalue weighted by atomic mass is 16.5. The van der Waals surface area contributed by atoms with Crippen LogP contribution in [0, 0.1) is 23.7 Å². The molecule has 0 bridgehead atoms. The van der Waals surface area contributed by atoms with Gasteiger partial charge >= 0.3 is 0 Å². The Bertz CT molecular complexity index is 1110. The molecule has 3 heterocycles. The molecule has 0 aliphatic carbocycles. The Balaban J connectivity index is 1.87. The molecular formula is C28H36N4O4. The molecule has 36 heavy (non-hydrogen) atoms. The Hall–Kier alpha value is -3.44. The van der Waals surface area contributed by atoms with E-state index < -0.39 is 6.10 Å². The molecule has 1 aliphatic heterocycles. The van der Waals surface area contributed by atoms with E-state index in [-0.39, 0.29) is 42.7 Å².